The van der Waals surface area contributed by atoms with Crippen molar-refractivity contribution in [2.24, 2.45) is 11.4 Å². The van der Waals surface area contributed by atoms with Crippen LogP contribution in [-0.4, -0.2) is 32.3 Å². The molecule has 2 bridgehead atoms. The topological polar surface area (TPSA) is 122 Å². The molecule has 2 aromatic heterocycles. The van der Waals surface area contributed by atoms with Crippen molar-refractivity contribution in [3.05, 3.63) is 47.3 Å². The number of ether oxygens (including phenoxy) is 1. The lowest BCUT2D eigenvalue weighted by molar-refractivity contribution is 0.228. The number of nitriles is 1. The van der Waals surface area contributed by atoms with Crippen LogP contribution in [0.3, 0.4) is 0 Å². The Morgan fingerprint density at radius 3 is 2.74 bits per heavy atom. The molecule has 2 atom stereocenters. The fraction of sp³-hybridized carbons (Fsp3) is 0.286. The van der Waals surface area contributed by atoms with Crippen molar-refractivity contribution < 1.29 is 8.95 Å². The molecule has 0 saturated heterocycles. The predicted octanol–water partition coefficient (Wildman–Crippen LogP) is 3.48. The van der Waals surface area contributed by atoms with Gasteiger partial charge in [0, 0.05) is 37.7 Å². The van der Waals surface area contributed by atoms with E-state index in [9.17, 15) is 9.47 Å². The maximum atomic E-state index is 13.7. The number of hydrogen-bond acceptors (Lipinski definition) is 7. The number of anilines is 2. The Kier molecular flexibility index (Phi) is 4.86. The predicted molar refractivity (Wildman–Crippen MR) is 120 cm³/mol. The number of aryl methyl sites for hydroxylation is 2. The summed E-state index contributed by atoms with van der Waals surface area (Å²) < 4.78 is 27.5. The van der Waals surface area contributed by atoms with Gasteiger partial charge in [-0.2, -0.15) is 14.7 Å². The molecule has 0 saturated carbocycles. The summed E-state index contributed by atoms with van der Waals surface area (Å²) >= 11 is 0. The van der Waals surface area contributed by atoms with Crippen LogP contribution in [0.1, 0.15) is 29.8 Å². The summed E-state index contributed by atoms with van der Waals surface area (Å²) in [5.74, 6) is 0.974. The number of nitrogens with two attached hydrogens (primary N) is 1. The molecule has 9 nitrogen and oxygen atoms in total. The zero-order valence-electron chi connectivity index (χ0n) is 17.9. The maximum Gasteiger partial charge on any atom is 0.172 e. The number of rotatable bonds is 0. The SMILES string of the molecule is Cc1ccc2c(c1)[C@@H](C)Oc1cc(cnc1N)-c1c(nn(C)c1C#N)N(C)S(C)(=O)=N2. The van der Waals surface area contributed by atoms with Crippen molar-refractivity contribution in [3.63, 3.8) is 0 Å². The third kappa shape index (κ3) is 3.47. The number of nitrogen functional groups attached to an aromatic ring is 1. The zero-order valence-corrected chi connectivity index (χ0v) is 18.8. The van der Waals surface area contributed by atoms with E-state index in [1.165, 1.54) is 8.99 Å². The van der Waals surface area contributed by atoms with Crippen molar-refractivity contribution in [3.8, 4) is 22.9 Å². The van der Waals surface area contributed by atoms with E-state index in [0.29, 0.717) is 34.1 Å². The molecule has 10 heteroatoms. The van der Waals surface area contributed by atoms with E-state index in [2.05, 4.69) is 20.5 Å². The van der Waals surface area contributed by atoms with Crippen molar-refractivity contribution in [1.29, 1.82) is 5.26 Å². The van der Waals surface area contributed by atoms with Gasteiger partial charge in [-0.25, -0.2) is 9.19 Å². The minimum absolute atomic E-state index is 0.232. The summed E-state index contributed by atoms with van der Waals surface area (Å²) in [5, 5.41) is 14.2. The van der Waals surface area contributed by atoms with E-state index in [4.69, 9.17) is 10.5 Å². The van der Waals surface area contributed by atoms with Gasteiger partial charge in [0.2, 0.25) is 0 Å². The molecule has 160 valence electrons. The second-order valence-electron chi connectivity index (χ2n) is 7.56. The Morgan fingerprint density at radius 2 is 2.03 bits per heavy atom. The first-order valence-electron chi connectivity index (χ1n) is 9.58. The molecule has 0 aliphatic carbocycles. The number of fused-ring (bicyclic) bond motifs is 5. The minimum Gasteiger partial charge on any atom is -0.482 e. The van der Waals surface area contributed by atoms with E-state index < -0.39 is 16.0 Å². The number of benzene rings is 1. The lowest BCUT2D eigenvalue weighted by Gasteiger charge is -2.23. The van der Waals surface area contributed by atoms with Gasteiger partial charge in [0.1, 0.15) is 27.8 Å². The number of hydrogen-bond donors (Lipinski definition) is 1. The highest BCUT2D eigenvalue weighted by Gasteiger charge is 2.27. The van der Waals surface area contributed by atoms with Crippen molar-refractivity contribution in [2.75, 3.05) is 23.3 Å². The molecule has 1 aliphatic heterocycles. The van der Waals surface area contributed by atoms with Crippen LogP contribution in [0.5, 0.6) is 5.75 Å². The highest BCUT2D eigenvalue weighted by Crippen LogP contribution is 2.40. The first kappa shape index (κ1) is 20.7. The summed E-state index contributed by atoms with van der Waals surface area (Å²) in [6, 6.07) is 9.60. The lowest BCUT2D eigenvalue weighted by atomic mass is 10.0. The average molecular weight is 438 g/mol. The summed E-state index contributed by atoms with van der Waals surface area (Å²) in [5.41, 5.74) is 9.84. The van der Waals surface area contributed by atoms with Crippen LogP contribution in [0, 0.1) is 18.3 Å². The van der Waals surface area contributed by atoms with Gasteiger partial charge in [-0.3, -0.25) is 8.99 Å². The van der Waals surface area contributed by atoms with Crippen LogP contribution in [0.2, 0.25) is 0 Å². The molecule has 1 unspecified atom stereocenters. The Hall–Kier alpha value is -3.58. The molecular formula is C21H23N7O2S. The Labute approximate surface area is 181 Å². The van der Waals surface area contributed by atoms with Crippen LogP contribution in [0.4, 0.5) is 17.3 Å². The molecule has 0 spiro atoms. The third-order valence-electron chi connectivity index (χ3n) is 5.30. The van der Waals surface area contributed by atoms with Crippen LogP contribution in [-0.2, 0) is 17.0 Å². The van der Waals surface area contributed by atoms with Gasteiger partial charge in [0.05, 0.1) is 11.3 Å². The quantitative estimate of drug-likeness (QED) is 0.574. The fourth-order valence-corrected chi connectivity index (χ4v) is 4.65. The first-order valence-corrected chi connectivity index (χ1v) is 11.5. The molecule has 31 heavy (non-hydrogen) atoms. The maximum absolute atomic E-state index is 13.7. The summed E-state index contributed by atoms with van der Waals surface area (Å²) in [6.07, 6.45) is 2.67. The van der Waals surface area contributed by atoms with Crippen LogP contribution in [0.15, 0.2) is 34.8 Å². The van der Waals surface area contributed by atoms with Gasteiger partial charge in [0.15, 0.2) is 17.4 Å². The Bertz CT molecular complexity index is 1360. The first-order chi connectivity index (χ1) is 14.6. The van der Waals surface area contributed by atoms with Crippen molar-refractivity contribution >= 4 is 27.2 Å². The van der Waals surface area contributed by atoms with Gasteiger partial charge < -0.3 is 10.5 Å². The van der Waals surface area contributed by atoms with Crippen molar-refractivity contribution in [2.45, 2.75) is 20.0 Å². The molecule has 1 aliphatic rings. The highest BCUT2D eigenvalue weighted by atomic mass is 32.2. The van der Waals surface area contributed by atoms with Crippen molar-refractivity contribution in [1.82, 2.24) is 14.8 Å². The second-order valence-corrected chi connectivity index (χ2v) is 9.82. The summed E-state index contributed by atoms with van der Waals surface area (Å²) in [6.45, 7) is 3.85. The van der Waals surface area contributed by atoms with Gasteiger partial charge in [-0.05, 0) is 26.0 Å². The molecule has 1 aromatic carbocycles. The molecular weight excluding hydrogens is 414 g/mol. The van der Waals surface area contributed by atoms with E-state index in [-0.39, 0.29) is 5.82 Å². The van der Waals surface area contributed by atoms with E-state index in [1.54, 1.807) is 32.6 Å². The molecule has 2 N–H and O–H groups in total. The van der Waals surface area contributed by atoms with Crippen LogP contribution >= 0.6 is 0 Å². The molecule has 0 amide bonds. The second kappa shape index (κ2) is 7.28. The average Bonchev–Trinajstić information content (AvgIpc) is 3.05. The molecule has 4 rings (SSSR count). The normalized spacial score (nSPS) is 20.3. The summed E-state index contributed by atoms with van der Waals surface area (Å²) in [7, 11) is 0.375. The van der Waals surface area contributed by atoms with Gasteiger partial charge in [0.25, 0.3) is 0 Å². The standard InChI is InChI=1S/C21H23N7O2S/c1-12-6-7-16-15(8-12)13(2)30-18-9-14(11-24-20(18)23)19-17(10-22)27(3)25-21(19)28(4)31(5,29)26-16/h6-9,11,13H,1-5H3,(H2,23,24)/t13-,31?/m1/s1. The highest BCUT2D eigenvalue weighted by molar-refractivity contribution is 7.94. The van der Waals surface area contributed by atoms with Crippen LogP contribution in [0.25, 0.3) is 11.1 Å². The largest absolute Gasteiger partial charge is 0.482 e. The Balaban J connectivity index is 2.10. The molecule has 0 radical (unpaired) electrons. The van der Waals surface area contributed by atoms with Gasteiger partial charge in [-0.1, -0.05) is 17.7 Å². The molecule has 3 aromatic rings. The van der Waals surface area contributed by atoms with E-state index in [1.807, 2.05) is 32.0 Å². The van der Waals surface area contributed by atoms with Crippen LogP contribution < -0.4 is 14.8 Å². The number of aromatic nitrogens is 3. The molecule has 3 heterocycles. The van der Waals surface area contributed by atoms with Gasteiger partial charge >= 0.3 is 0 Å². The number of pyridine rings is 1. The fourth-order valence-electron chi connectivity index (χ4n) is 3.55. The minimum atomic E-state index is -2.94. The number of nitrogens with zero attached hydrogens (tertiary/aromatic N) is 6. The van der Waals surface area contributed by atoms with Gasteiger partial charge in [-0.15, -0.1) is 0 Å². The van der Waals surface area contributed by atoms with E-state index >= 15 is 0 Å². The summed E-state index contributed by atoms with van der Waals surface area (Å²) in [4.78, 5) is 4.27. The monoisotopic (exact) mass is 437 g/mol. The smallest absolute Gasteiger partial charge is 0.172 e. The third-order valence-corrected chi connectivity index (χ3v) is 7.03. The molecule has 0 fully saturated rings. The Morgan fingerprint density at radius 1 is 1.29 bits per heavy atom. The zero-order chi connectivity index (χ0) is 22.5. The lowest BCUT2D eigenvalue weighted by Crippen LogP contribution is -2.26. The van der Waals surface area contributed by atoms with E-state index in [0.717, 1.165) is 11.1 Å².